The van der Waals surface area contributed by atoms with E-state index in [1.807, 2.05) is 43.3 Å². The van der Waals surface area contributed by atoms with Crippen molar-refractivity contribution in [1.82, 2.24) is 0 Å². The minimum Gasteiger partial charge on any atom is -0.478 e. The van der Waals surface area contributed by atoms with Crippen LogP contribution in [0.3, 0.4) is 0 Å². The van der Waals surface area contributed by atoms with E-state index in [9.17, 15) is 9.90 Å². The number of ether oxygens (including phenoxy) is 1. The molecule has 0 aromatic heterocycles. The van der Waals surface area contributed by atoms with Gasteiger partial charge in [0, 0.05) is 10.9 Å². The second-order valence-electron chi connectivity index (χ2n) is 4.59. The Kier molecular flexibility index (Phi) is 4.79. The second-order valence-corrected chi connectivity index (χ2v) is 5.50. The van der Waals surface area contributed by atoms with Crippen molar-refractivity contribution >= 4 is 21.9 Å². The van der Waals surface area contributed by atoms with Gasteiger partial charge in [-0.15, -0.1) is 0 Å². The van der Waals surface area contributed by atoms with Gasteiger partial charge in [0.2, 0.25) is 0 Å². The average Bonchev–Trinajstić information content (AvgIpc) is 2.42. The number of carboxylic acids is 1. The summed E-state index contributed by atoms with van der Waals surface area (Å²) in [6.07, 6.45) is -0.560. The van der Waals surface area contributed by atoms with Crippen LogP contribution in [0.1, 0.15) is 11.1 Å². The molecule has 4 heteroatoms. The molecule has 0 heterocycles. The number of carbonyl (C=O) groups is 1. The van der Waals surface area contributed by atoms with Crippen LogP contribution in [-0.4, -0.2) is 17.2 Å². The Morgan fingerprint density at radius 1 is 1.15 bits per heavy atom. The van der Waals surface area contributed by atoms with E-state index in [2.05, 4.69) is 15.9 Å². The highest BCUT2D eigenvalue weighted by atomic mass is 79.9. The van der Waals surface area contributed by atoms with Crippen molar-refractivity contribution in [2.45, 2.75) is 19.4 Å². The molecule has 2 rings (SSSR count). The highest BCUT2D eigenvalue weighted by Gasteiger charge is 2.20. The lowest BCUT2D eigenvalue weighted by Crippen LogP contribution is -2.29. The highest BCUT2D eigenvalue weighted by Crippen LogP contribution is 2.17. The smallest absolute Gasteiger partial charge is 0.345 e. The first-order valence-corrected chi connectivity index (χ1v) is 7.04. The molecule has 1 N–H and O–H groups in total. The fraction of sp³-hybridized carbons (Fsp3) is 0.188. The molecule has 0 saturated carbocycles. The van der Waals surface area contributed by atoms with Gasteiger partial charge in [-0.2, -0.15) is 0 Å². The molecule has 2 aromatic rings. The first-order valence-electron chi connectivity index (χ1n) is 6.25. The average molecular weight is 335 g/mol. The van der Waals surface area contributed by atoms with Crippen molar-refractivity contribution in [2.24, 2.45) is 0 Å². The minimum absolute atomic E-state index is 0.330. The summed E-state index contributed by atoms with van der Waals surface area (Å²) in [6.45, 7) is 1.97. The number of rotatable bonds is 5. The number of hydrogen-bond donors (Lipinski definition) is 1. The molecule has 0 fully saturated rings. The van der Waals surface area contributed by atoms with E-state index >= 15 is 0 Å². The number of halogens is 1. The van der Waals surface area contributed by atoms with Crippen molar-refractivity contribution in [3.05, 3.63) is 64.1 Å². The van der Waals surface area contributed by atoms with Gasteiger partial charge in [0.15, 0.2) is 6.10 Å². The number of benzene rings is 2. The van der Waals surface area contributed by atoms with Gasteiger partial charge in [-0.1, -0.05) is 45.8 Å². The van der Waals surface area contributed by atoms with Gasteiger partial charge in [0.05, 0.1) is 0 Å². The lowest BCUT2D eigenvalue weighted by Gasteiger charge is -2.15. The summed E-state index contributed by atoms with van der Waals surface area (Å²) in [5, 5.41) is 9.27. The van der Waals surface area contributed by atoms with Gasteiger partial charge in [-0.05, 0) is 36.8 Å². The van der Waals surface area contributed by atoms with Crippen LogP contribution in [-0.2, 0) is 11.2 Å². The van der Waals surface area contributed by atoms with Crippen molar-refractivity contribution < 1.29 is 14.6 Å². The van der Waals surface area contributed by atoms with E-state index in [0.29, 0.717) is 12.2 Å². The van der Waals surface area contributed by atoms with Crippen molar-refractivity contribution in [1.29, 1.82) is 0 Å². The maximum atomic E-state index is 11.3. The van der Waals surface area contributed by atoms with Gasteiger partial charge in [0.1, 0.15) is 5.75 Å². The lowest BCUT2D eigenvalue weighted by molar-refractivity contribution is -0.145. The van der Waals surface area contributed by atoms with E-state index in [4.69, 9.17) is 4.74 Å². The Morgan fingerprint density at radius 2 is 1.75 bits per heavy atom. The van der Waals surface area contributed by atoms with Gasteiger partial charge in [-0.3, -0.25) is 0 Å². The molecule has 1 unspecified atom stereocenters. The van der Waals surface area contributed by atoms with Gasteiger partial charge in [-0.25, -0.2) is 4.79 Å². The molecule has 0 aliphatic carbocycles. The molecule has 20 heavy (non-hydrogen) atoms. The van der Waals surface area contributed by atoms with Crippen LogP contribution < -0.4 is 4.74 Å². The van der Waals surface area contributed by atoms with Crippen molar-refractivity contribution in [3.8, 4) is 5.75 Å². The summed E-state index contributed by atoms with van der Waals surface area (Å²) in [6, 6.07) is 14.9. The Labute approximate surface area is 126 Å². The molecule has 0 saturated heterocycles. The number of aryl methyl sites for hydroxylation is 1. The summed E-state index contributed by atoms with van der Waals surface area (Å²) < 4.78 is 6.52. The number of hydrogen-bond acceptors (Lipinski definition) is 2. The molecular weight excluding hydrogens is 320 g/mol. The predicted octanol–water partition coefficient (Wildman–Crippen LogP) is 3.83. The van der Waals surface area contributed by atoms with Crippen LogP contribution in [0.5, 0.6) is 5.75 Å². The first kappa shape index (κ1) is 14.6. The molecule has 0 spiro atoms. The minimum atomic E-state index is -0.964. The Hall–Kier alpha value is -1.81. The Bertz CT molecular complexity index is 528. The molecule has 0 aliphatic rings. The summed E-state index contributed by atoms with van der Waals surface area (Å²) >= 11 is 3.35. The van der Waals surface area contributed by atoms with Crippen LogP contribution in [0.2, 0.25) is 0 Å². The summed E-state index contributed by atoms with van der Waals surface area (Å²) in [5.74, 6) is -0.395. The largest absolute Gasteiger partial charge is 0.478 e. The lowest BCUT2D eigenvalue weighted by atomic mass is 10.1. The molecule has 2 aromatic carbocycles. The summed E-state index contributed by atoms with van der Waals surface area (Å²) in [5.41, 5.74) is 2.03. The van der Waals surface area contributed by atoms with E-state index in [-0.39, 0.29) is 0 Å². The van der Waals surface area contributed by atoms with Crippen molar-refractivity contribution in [2.75, 3.05) is 0 Å². The molecule has 1 atom stereocenters. The monoisotopic (exact) mass is 334 g/mol. The van der Waals surface area contributed by atoms with Crippen LogP contribution in [0.4, 0.5) is 0 Å². The molecule has 0 radical (unpaired) electrons. The molecule has 0 bridgehead atoms. The number of aliphatic carboxylic acids is 1. The quantitative estimate of drug-likeness (QED) is 0.903. The van der Waals surface area contributed by atoms with Crippen LogP contribution >= 0.6 is 15.9 Å². The Morgan fingerprint density at radius 3 is 2.30 bits per heavy atom. The van der Waals surface area contributed by atoms with Crippen molar-refractivity contribution in [3.63, 3.8) is 0 Å². The predicted molar refractivity (Wildman–Crippen MR) is 81.1 cm³/mol. The molecule has 104 valence electrons. The third-order valence-electron chi connectivity index (χ3n) is 2.91. The van der Waals surface area contributed by atoms with Gasteiger partial charge >= 0.3 is 5.97 Å². The molecule has 0 aliphatic heterocycles. The molecular formula is C16H15BrO3. The summed E-state index contributed by atoms with van der Waals surface area (Å²) in [4.78, 5) is 11.3. The molecule has 0 amide bonds. The van der Waals surface area contributed by atoms with Crippen LogP contribution in [0, 0.1) is 6.92 Å². The molecule has 3 nitrogen and oxygen atoms in total. The Balaban J connectivity index is 2.09. The van der Waals surface area contributed by atoms with E-state index in [1.54, 1.807) is 12.1 Å². The maximum absolute atomic E-state index is 11.3. The van der Waals surface area contributed by atoms with Crippen LogP contribution in [0.25, 0.3) is 0 Å². The van der Waals surface area contributed by atoms with Gasteiger partial charge < -0.3 is 9.84 Å². The van der Waals surface area contributed by atoms with Crippen LogP contribution in [0.15, 0.2) is 53.0 Å². The number of carboxylic acid groups (broad SMARTS) is 1. The zero-order valence-corrected chi connectivity index (χ0v) is 12.6. The standard InChI is InChI=1S/C16H15BrO3/c1-11-2-8-14(9-3-11)20-15(16(18)19)10-12-4-6-13(17)7-5-12/h2-9,15H,10H2,1H3,(H,18,19). The van der Waals surface area contributed by atoms with Gasteiger partial charge in [0.25, 0.3) is 0 Å². The zero-order valence-electron chi connectivity index (χ0n) is 11.0. The summed E-state index contributed by atoms with van der Waals surface area (Å²) in [7, 11) is 0. The third-order valence-corrected chi connectivity index (χ3v) is 3.44. The normalized spacial score (nSPS) is 11.9. The fourth-order valence-corrected chi connectivity index (χ4v) is 2.06. The maximum Gasteiger partial charge on any atom is 0.345 e. The zero-order chi connectivity index (χ0) is 14.5. The van der Waals surface area contributed by atoms with E-state index < -0.39 is 12.1 Å². The van der Waals surface area contributed by atoms with E-state index in [0.717, 1.165) is 15.6 Å². The first-order chi connectivity index (χ1) is 9.54. The fourth-order valence-electron chi connectivity index (χ4n) is 1.80. The third kappa shape index (κ3) is 4.10. The van der Waals surface area contributed by atoms with E-state index in [1.165, 1.54) is 0 Å². The SMILES string of the molecule is Cc1ccc(OC(Cc2ccc(Br)cc2)C(=O)O)cc1. The topological polar surface area (TPSA) is 46.5 Å². The second kappa shape index (κ2) is 6.57. The highest BCUT2D eigenvalue weighted by molar-refractivity contribution is 9.10.